The average molecular weight is 385 g/mol. The van der Waals surface area contributed by atoms with E-state index in [4.69, 9.17) is 16.3 Å². The highest BCUT2D eigenvalue weighted by atomic mass is 35.5. The van der Waals surface area contributed by atoms with Crippen molar-refractivity contribution in [2.45, 2.75) is 6.04 Å². The van der Waals surface area contributed by atoms with E-state index in [0.717, 1.165) is 5.56 Å². The van der Waals surface area contributed by atoms with Crippen LogP contribution in [0.25, 0.3) is 0 Å². The zero-order valence-electron chi connectivity index (χ0n) is 14.6. The van der Waals surface area contributed by atoms with E-state index >= 15 is 0 Å². The number of methoxy groups -OCH3 is 1. The van der Waals surface area contributed by atoms with Crippen LogP contribution in [0.3, 0.4) is 0 Å². The SMILES string of the molecule is COc1ccc(NC(=O)C(Nc2ccc(F)c(Cl)c2)c2ccccc2)cc1. The molecule has 0 aliphatic carbocycles. The molecule has 0 spiro atoms. The average Bonchev–Trinajstić information content (AvgIpc) is 2.70. The van der Waals surface area contributed by atoms with Crippen LogP contribution in [0.15, 0.2) is 72.8 Å². The topological polar surface area (TPSA) is 50.4 Å². The highest BCUT2D eigenvalue weighted by Gasteiger charge is 2.21. The molecule has 0 heterocycles. The summed E-state index contributed by atoms with van der Waals surface area (Å²) >= 11 is 5.85. The molecule has 1 atom stereocenters. The Hall–Kier alpha value is -3.05. The molecule has 138 valence electrons. The van der Waals surface area contributed by atoms with Crippen molar-refractivity contribution in [1.82, 2.24) is 0 Å². The number of rotatable bonds is 6. The molecule has 27 heavy (non-hydrogen) atoms. The van der Waals surface area contributed by atoms with Crippen molar-refractivity contribution >= 4 is 28.9 Å². The molecule has 0 radical (unpaired) electrons. The number of benzene rings is 3. The van der Waals surface area contributed by atoms with Crippen LogP contribution >= 0.6 is 11.6 Å². The van der Waals surface area contributed by atoms with Gasteiger partial charge in [-0.25, -0.2) is 4.39 Å². The van der Waals surface area contributed by atoms with Gasteiger partial charge >= 0.3 is 0 Å². The second kappa shape index (κ2) is 8.56. The fraction of sp³-hybridized carbons (Fsp3) is 0.0952. The molecule has 0 aromatic heterocycles. The second-order valence-corrected chi connectivity index (χ2v) is 6.24. The molecular formula is C21H18ClFN2O2. The van der Waals surface area contributed by atoms with Crippen molar-refractivity contribution in [2.24, 2.45) is 0 Å². The van der Waals surface area contributed by atoms with Gasteiger partial charge in [0.15, 0.2) is 0 Å². The van der Waals surface area contributed by atoms with Crippen LogP contribution in [0.2, 0.25) is 5.02 Å². The Bertz CT molecular complexity index is 917. The number of carbonyl (C=O) groups is 1. The maximum absolute atomic E-state index is 13.4. The predicted octanol–water partition coefficient (Wildman–Crippen LogP) is 5.28. The molecule has 3 rings (SSSR count). The number of hydrogen-bond acceptors (Lipinski definition) is 3. The molecule has 3 aromatic carbocycles. The first kappa shape index (κ1) is 18.7. The third-order valence-electron chi connectivity index (χ3n) is 3.98. The molecule has 3 aromatic rings. The first-order chi connectivity index (χ1) is 13.1. The van der Waals surface area contributed by atoms with Crippen LogP contribution in [0.1, 0.15) is 11.6 Å². The predicted molar refractivity (Wildman–Crippen MR) is 106 cm³/mol. The van der Waals surface area contributed by atoms with Gasteiger partial charge in [0.1, 0.15) is 17.6 Å². The highest BCUT2D eigenvalue weighted by molar-refractivity contribution is 6.31. The minimum Gasteiger partial charge on any atom is -0.497 e. The van der Waals surface area contributed by atoms with E-state index in [1.54, 1.807) is 31.4 Å². The van der Waals surface area contributed by atoms with Gasteiger partial charge in [-0.1, -0.05) is 41.9 Å². The summed E-state index contributed by atoms with van der Waals surface area (Å²) in [7, 11) is 1.58. The summed E-state index contributed by atoms with van der Waals surface area (Å²) in [4.78, 5) is 12.9. The van der Waals surface area contributed by atoms with Gasteiger partial charge in [0.25, 0.3) is 5.91 Å². The summed E-state index contributed by atoms with van der Waals surface area (Å²) in [6, 6.07) is 19.9. The first-order valence-corrected chi connectivity index (χ1v) is 8.66. The smallest absolute Gasteiger partial charge is 0.251 e. The van der Waals surface area contributed by atoms with E-state index in [-0.39, 0.29) is 10.9 Å². The van der Waals surface area contributed by atoms with Crippen LogP contribution in [0.4, 0.5) is 15.8 Å². The van der Waals surface area contributed by atoms with E-state index in [1.807, 2.05) is 30.3 Å². The monoisotopic (exact) mass is 384 g/mol. The molecule has 1 unspecified atom stereocenters. The van der Waals surface area contributed by atoms with Crippen molar-refractivity contribution in [3.05, 3.63) is 89.2 Å². The van der Waals surface area contributed by atoms with Crippen molar-refractivity contribution < 1.29 is 13.9 Å². The van der Waals surface area contributed by atoms with Crippen LogP contribution in [0, 0.1) is 5.82 Å². The summed E-state index contributed by atoms with van der Waals surface area (Å²) in [5, 5.41) is 5.98. The summed E-state index contributed by atoms with van der Waals surface area (Å²) < 4.78 is 18.5. The van der Waals surface area contributed by atoms with Crippen LogP contribution in [0.5, 0.6) is 5.75 Å². The fourth-order valence-corrected chi connectivity index (χ4v) is 2.77. The quantitative estimate of drug-likeness (QED) is 0.608. The summed E-state index contributed by atoms with van der Waals surface area (Å²) in [5.41, 5.74) is 1.95. The lowest BCUT2D eigenvalue weighted by Crippen LogP contribution is -2.27. The number of amides is 1. The van der Waals surface area contributed by atoms with Gasteiger partial charge < -0.3 is 15.4 Å². The standard InChI is InChI=1S/C21H18ClFN2O2/c1-27-17-10-7-15(8-11-17)25-21(26)20(14-5-3-2-4-6-14)24-16-9-12-19(23)18(22)13-16/h2-13,20,24H,1H3,(H,25,26). The van der Waals surface area contributed by atoms with Gasteiger partial charge in [0.05, 0.1) is 12.1 Å². The van der Waals surface area contributed by atoms with Gasteiger partial charge in [-0.2, -0.15) is 0 Å². The third-order valence-corrected chi connectivity index (χ3v) is 4.27. The fourth-order valence-electron chi connectivity index (χ4n) is 2.59. The van der Waals surface area contributed by atoms with Crippen LogP contribution in [-0.2, 0) is 4.79 Å². The maximum atomic E-state index is 13.4. The lowest BCUT2D eigenvalue weighted by molar-refractivity contribution is -0.117. The molecule has 0 aliphatic rings. The van der Waals surface area contributed by atoms with Crippen LogP contribution in [-0.4, -0.2) is 13.0 Å². The van der Waals surface area contributed by atoms with Gasteiger partial charge in [0.2, 0.25) is 0 Å². The highest BCUT2D eigenvalue weighted by Crippen LogP contribution is 2.25. The minimum absolute atomic E-state index is 0.0117. The number of carbonyl (C=O) groups excluding carboxylic acids is 1. The lowest BCUT2D eigenvalue weighted by Gasteiger charge is -2.20. The zero-order valence-corrected chi connectivity index (χ0v) is 15.3. The van der Waals surface area contributed by atoms with Gasteiger partial charge in [0, 0.05) is 11.4 Å². The first-order valence-electron chi connectivity index (χ1n) is 8.28. The number of anilines is 2. The maximum Gasteiger partial charge on any atom is 0.251 e. The van der Waals surface area contributed by atoms with Crippen molar-refractivity contribution in [3.63, 3.8) is 0 Å². The minimum atomic E-state index is -0.685. The summed E-state index contributed by atoms with van der Waals surface area (Å²) in [5.74, 6) is -0.0698. The summed E-state index contributed by atoms with van der Waals surface area (Å²) in [6.07, 6.45) is 0. The van der Waals surface area contributed by atoms with E-state index in [0.29, 0.717) is 17.1 Å². The largest absolute Gasteiger partial charge is 0.497 e. The van der Waals surface area contributed by atoms with E-state index in [2.05, 4.69) is 10.6 Å². The normalized spacial score (nSPS) is 11.5. The summed E-state index contributed by atoms with van der Waals surface area (Å²) in [6.45, 7) is 0. The molecule has 1 amide bonds. The Morgan fingerprint density at radius 3 is 2.30 bits per heavy atom. The molecule has 0 fully saturated rings. The van der Waals surface area contributed by atoms with Crippen molar-refractivity contribution in [3.8, 4) is 5.75 Å². The van der Waals surface area contributed by atoms with E-state index in [1.165, 1.54) is 18.2 Å². The molecule has 2 N–H and O–H groups in total. The molecule has 0 saturated carbocycles. The van der Waals surface area contributed by atoms with E-state index < -0.39 is 11.9 Å². The lowest BCUT2D eigenvalue weighted by atomic mass is 10.1. The third kappa shape index (κ3) is 4.77. The molecule has 4 nitrogen and oxygen atoms in total. The molecule has 0 bridgehead atoms. The van der Waals surface area contributed by atoms with Crippen molar-refractivity contribution in [1.29, 1.82) is 0 Å². The Balaban J connectivity index is 1.84. The van der Waals surface area contributed by atoms with Gasteiger partial charge in [-0.3, -0.25) is 4.79 Å². The Morgan fingerprint density at radius 2 is 1.67 bits per heavy atom. The van der Waals surface area contributed by atoms with Gasteiger partial charge in [-0.15, -0.1) is 0 Å². The zero-order chi connectivity index (χ0) is 19.2. The Labute approximate surface area is 161 Å². The molecule has 6 heteroatoms. The molecular weight excluding hydrogens is 367 g/mol. The number of nitrogens with one attached hydrogen (secondary N) is 2. The number of ether oxygens (including phenoxy) is 1. The van der Waals surface area contributed by atoms with Crippen molar-refractivity contribution in [2.75, 3.05) is 17.7 Å². The Kier molecular flexibility index (Phi) is 5.94. The number of hydrogen-bond donors (Lipinski definition) is 2. The number of halogens is 2. The Morgan fingerprint density at radius 1 is 1.00 bits per heavy atom. The molecule has 0 saturated heterocycles. The van der Waals surface area contributed by atoms with E-state index in [9.17, 15) is 9.18 Å². The van der Waals surface area contributed by atoms with Crippen LogP contribution < -0.4 is 15.4 Å². The van der Waals surface area contributed by atoms with Gasteiger partial charge in [-0.05, 0) is 48.0 Å². The second-order valence-electron chi connectivity index (χ2n) is 5.83. The molecule has 0 aliphatic heterocycles.